The highest BCUT2D eigenvalue weighted by atomic mass is 28.3. The summed E-state index contributed by atoms with van der Waals surface area (Å²) in [6.45, 7) is 4.37. The zero-order valence-electron chi connectivity index (χ0n) is 9.19. The fraction of sp³-hybridized carbons (Fsp3) is 0.364. The number of carbonyl (C=O) groups is 1. The van der Waals surface area contributed by atoms with Crippen molar-refractivity contribution >= 4 is 14.2 Å². The van der Waals surface area contributed by atoms with Crippen molar-refractivity contribution in [1.29, 1.82) is 0 Å². The first kappa shape index (κ1) is 11.8. The molecule has 3 nitrogen and oxygen atoms in total. The normalized spacial score (nSPS) is 11.1. The van der Waals surface area contributed by atoms with Gasteiger partial charge >= 0.3 is 6.09 Å². The number of hydrogen-bond acceptors (Lipinski definition) is 2. The lowest BCUT2D eigenvalue weighted by Gasteiger charge is -2.21. The Morgan fingerprint density at radius 3 is 2.47 bits per heavy atom. The minimum absolute atomic E-state index is 0.483. The van der Waals surface area contributed by atoms with E-state index in [1.807, 2.05) is 18.2 Å². The van der Waals surface area contributed by atoms with Gasteiger partial charge in [0.2, 0.25) is 0 Å². The Morgan fingerprint density at radius 1 is 1.33 bits per heavy atom. The van der Waals surface area contributed by atoms with Crippen LogP contribution in [0.25, 0.3) is 0 Å². The van der Waals surface area contributed by atoms with Crippen LogP contribution in [-0.2, 0) is 10.8 Å². The second kappa shape index (κ2) is 4.98. The molecule has 0 saturated heterocycles. The number of amides is 1. The van der Waals surface area contributed by atoms with Crippen molar-refractivity contribution in [2.75, 3.05) is 6.23 Å². The Kier molecular flexibility index (Phi) is 3.91. The van der Waals surface area contributed by atoms with Crippen LogP contribution >= 0.6 is 0 Å². The molecule has 0 spiro atoms. The smallest absolute Gasteiger partial charge is 0.404 e. The van der Waals surface area contributed by atoms with E-state index in [1.165, 1.54) is 5.56 Å². The van der Waals surface area contributed by atoms with Gasteiger partial charge in [0.25, 0.3) is 0 Å². The van der Waals surface area contributed by atoms with E-state index in [0.29, 0.717) is 6.23 Å². The zero-order chi connectivity index (χ0) is 11.3. The Bertz CT molecular complexity index is 325. The molecule has 1 amide bonds. The van der Waals surface area contributed by atoms with Gasteiger partial charge in [-0.05, 0) is 6.04 Å². The summed E-state index contributed by atoms with van der Waals surface area (Å²) in [5.41, 5.74) is 6.25. The minimum atomic E-state index is -1.53. The van der Waals surface area contributed by atoms with Crippen LogP contribution in [0.5, 0.6) is 0 Å². The van der Waals surface area contributed by atoms with E-state index >= 15 is 0 Å². The summed E-state index contributed by atoms with van der Waals surface area (Å²) in [5.74, 6) is 0. The van der Waals surface area contributed by atoms with Gasteiger partial charge in [0.1, 0.15) is 0 Å². The van der Waals surface area contributed by atoms with Crippen molar-refractivity contribution in [1.82, 2.24) is 0 Å². The van der Waals surface area contributed by atoms with Crippen LogP contribution in [0, 0.1) is 0 Å². The summed E-state index contributed by atoms with van der Waals surface area (Å²) in [6.07, 6.45) is -0.194. The van der Waals surface area contributed by atoms with Crippen LogP contribution in [0.15, 0.2) is 30.3 Å². The third kappa shape index (κ3) is 4.65. The molecule has 4 heteroatoms. The van der Waals surface area contributed by atoms with Crippen LogP contribution < -0.4 is 5.73 Å². The van der Waals surface area contributed by atoms with Crippen LogP contribution in [0.3, 0.4) is 0 Å². The van der Waals surface area contributed by atoms with E-state index in [1.54, 1.807) is 0 Å². The van der Waals surface area contributed by atoms with E-state index in [0.717, 1.165) is 6.04 Å². The third-order valence-electron chi connectivity index (χ3n) is 2.13. The topological polar surface area (TPSA) is 52.3 Å². The largest absolute Gasteiger partial charge is 0.453 e. The maximum Gasteiger partial charge on any atom is 0.404 e. The lowest BCUT2D eigenvalue weighted by Crippen LogP contribution is -2.38. The standard InChI is InChI=1S/C11H17NO2Si/c1-15(2,9-14-11(12)13)8-10-6-4-3-5-7-10/h3-7H,8-9H2,1-2H3,(H2,12,13). The van der Waals surface area contributed by atoms with Crippen molar-refractivity contribution in [3.63, 3.8) is 0 Å². The number of carbonyl (C=O) groups excluding carboxylic acids is 1. The second-order valence-corrected chi connectivity index (χ2v) is 9.40. The monoisotopic (exact) mass is 223 g/mol. The number of nitrogens with two attached hydrogens (primary N) is 1. The summed E-state index contributed by atoms with van der Waals surface area (Å²) < 4.78 is 4.88. The first-order chi connectivity index (χ1) is 6.99. The number of rotatable bonds is 4. The molecule has 0 fully saturated rings. The van der Waals surface area contributed by atoms with Gasteiger partial charge in [0.05, 0.1) is 14.3 Å². The molecule has 82 valence electrons. The predicted octanol–water partition coefficient (Wildman–Crippen LogP) is 2.11. The molecule has 15 heavy (non-hydrogen) atoms. The van der Waals surface area contributed by atoms with Gasteiger partial charge in [-0.15, -0.1) is 0 Å². The first-order valence-corrected chi connectivity index (χ1v) is 8.37. The quantitative estimate of drug-likeness (QED) is 0.795. The Balaban J connectivity index is 2.52. The van der Waals surface area contributed by atoms with Crippen molar-refractivity contribution in [3.05, 3.63) is 35.9 Å². The van der Waals surface area contributed by atoms with Crippen molar-refractivity contribution in [2.24, 2.45) is 5.73 Å². The molecular formula is C11H17NO2Si. The molecule has 0 atom stereocenters. The molecule has 1 rings (SSSR count). The maximum absolute atomic E-state index is 10.5. The zero-order valence-corrected chi connectivity index (χ0v) is 10.2. The van der Waals surface area contributed by atoms with Gasteiger partial charge in [0.15, 0.2) is 0 Å². The lowest BCUT2D eigenvalue weighted by molar-refractivity contribution is 0.173. The molecule has 0 aromatic heterocycles. The molecule has 2 N–H and O–H groups in total. The van der Waals surface area contributed by atoms with Crippen molar-refractivity contribution < 1.29 is 9.53 Å². The predicted molar refractivity (Wildman–Crippen MR) is 63.2 cm³/mol. The Morgan fingerprint density at radius 2 is 1.93 bits per heavy atom. The molecule has 0 aliphatic rings. The summed E-state index contributed by atoms with van der Waals surface area (Å²) >= 11 is 0. The molecule has 0 bridgehead atoms. The highest BCUT2D eigenvalue weighted by Gasteiger charge is 2.23. The number of hydrogen-bond donors (Lipinski definition) is 1. The van der Waals surface area contributed by atoms with Crippen molar-refractivity contribution in [3.8, 4) is 0 Å². The molecule has 1 aromatic rings. The van der Waals surface area contributed by atoms with Gasteiger partial charge in [-0.2, -0.15) is 0 Å². The second-order valence-electron chi connectivity index (χ2n) is 4.43. The van der Waals surface area contributed by atoms with Crippen LogP contribution in [0.4, 0.5) is 4.79 Å². The fourth-order valence-corrected chi connectivity index (χ4v) is 3.44. The molecule has 0 unspecified atom stereocenters. The molecule has 0 heterocycles. The Hall–Kier alpha value is -1.29. The van der Waals surface area contributed by atoms with Gasteiger partial charge in [0, 0.05) is 0 Å². The molecule has 0 saturated carbocycles. The molecule has 0 aliphatic carbocycles. The molecule has 1 aromatic carbocycles. The maximum atomic E-state index is 10.5. The van der Waals surface area contributed by atoms with E-state index in [2.05, 4.69) is 25.2 Å². The van der Waals surface area contributed by atoms with Gasteiger partial charge in [-0.1, -0.05) is 49.0 Å². The SMILES string of the molecule is C[Si](C)(COC(N)=O)Cc1ccccc1. The van der Waals surface area contributed by atoms with E-state index in [-0.39, 0.29) is 0 Å². The summed E-state index contributed by atoms with van der Waals surface area (Å²) in [6, 6.07) is 11.2. The third-order valence-corrected chi connectivity index (χ3v) is 4.42. The summed E-state index contributed by atoms with van der Waals surface area (Å²) in [7, 11) is -1.53. The van der Waals surface area contributed by atoms with Gasteiger partial charge in [-0.25, -0.2) is 4.79 Å². The highest BCUT2D eigenvalue weighted by Crippen LogP contribution is 2.12. The van der Waals surface area contributed by atoms with Crippen LogP contribution in [0.2, 0.25) is 13.1 Å². The van der Waals surface area contributed by atoms with E-state index in [9.17, 15) is 4.79 Å². The Labute approximate surface area is 91.3 Å². The number of ether oxygens (including phenoxy) is 1. The average Bonchev–Trinajstić information content (AvgIpc) is 2.16. The summed E-state index contributed by atoms with van der Waals surface area (Å²) in [4.78, 5) is 10.5. The first-order valence-electron chi connectivity index (χ1n) is 4.96. The fourth-order valence-electron chi connectivity index (χ4n) is 1.47. The number of primary amides is 1. The molecule has 0 radical (unpaired) electrons. The van der Waals surface area contributed by atoms with Crippen LogP contribution in [0.1, 0.15) is 5.56 Å². The molecular weight excluding hydrogens is 206 g/mol. The molecule has 0 aliphatic heterocycles. The van der Waals surface area contributed by atoms with Crippen molar-refractivity contribution in [2.45, 2.75) is 19.1 Å². The minimum Gasteiger partial charge on any atom is -0.453 e. The number of benzene rings is 1. The van der Waals surface area contributed by atoms with Crippen LogP contribution in [-0.4, -0.2) is 20.4 Å². The summed E-state index contributed by atoms with van der Waals surface area (Å²) in [5, 5.41) is 0. The lowest BCUT2D eigenvalue weighted by atomic mass is 10.2. The highest BCUT2D eigenvalue weighted by molar-refractivity contribution is 6.76. The average molecular weight is 223 g/mol. The van der Waals surface area contributed by atoms with Gasteiger partial charge < -0.3 is 10.5 Å². The van der Waals surface area contributed by atoms with Gasteiger partial charge in [-0.3, -0.25) is 0 Å². The van der Waals surface area contributed by atoms with E-state index < -0.39 is 14.2 Å². The van der Waals surface area contributed by atoms with E-state index in [4.69, 9.17) is 10.5 Å².